The van der Waals surface area contributed by atoms with Crippen LogP contribution in [0, 0.1) is 17.8 Å². The van der Waals surface area contributed by atoms with Gasteiger partial charge in [0.15, 0.2) is 0 Å². The lowest BCUT2D eigenvalue weighted by molar-refractivity contribution is -0.144. The quantitative estimate of drug-likeness (QED) is 0.305. The van der Waals surface area contributed by atoms with Crippen LogP contribution < -0.4 is 22.3 Å². The zero-order valence-electron chi connectivity index (χ0n) is 21.5. The number of aromatic nitrogens is 3. The largest absolute Gasteiger partial charge is 0.366 e. The number of hydroxylamine groups is 1. The predicted octanol–water partition coefficient (Wildman–Crippen LogP) is 2.49. The lowest BCUT2D eigenvalue weighted by atomic mass is 9.81. The number of amides is 2. The topological polar surface area (TPSA) is 127 Å². The second-order valence-electron chi connectivity index (χ2n) is 9.53. The average Bonchev–Trinajstić information content (AvgIpc) is 3.12. The standard InChI is InChI=1S/C27H35N5O5/c1-19(2)17-23(24(33)28-32-26(35)29-31(3)27(32)36)22(16-10-15-20-11-6-4-7-12-20)25(34)30-37-18-21-13-8-5-9-14-21/h4-9,11-14,19,22-23H,10,15-18H2,1-3H3,(H,28,33)(H,29,35)(H,30,34)/t22-,23+/m0/s1. The Hall–Kier alpha value is -3.92. The van der Waals surface area contributed by atoms with Crippen molar-refractivity contribution in [3.05, 3.63) is 92.8 Å². The van der Waals surface area contributed by atoms with Crippen molar-refractivity contribution in [2.45, 2.75) is 46.1 Å². The van der Waals surface area contributed by atoms with Crippen LogP contribution in [-0.2, 0) is 34.5 Å². The SMILES string of the molecule is CC(C)C[C@@H](C(=O)Nn1c(=O)[nH]n(C)c1=O)[C@H](CCCc1ccccc1)C(=O)NOCc1ccccc1. The van der Waals surface area contributed by atoms with Crippen molar-refractivity contribution in [2.24, 2.45) is 24.8 Å². The first-order valence-electron chi connectivity index (χ1n) is 12.4. The molecule has 0 radical (unpaired) electrons. The molecule has 2 amide bonds. The van der Waals surface area contributed by atoms with E-state index in [1.807, 2.05) is 74.5 Å². The van der Waals surface area contributed by atoms with E-state index in [-0.39, 0.29) is 12.5 Å². The van der Waals surface area contributed by atoms with Gasteiger partial charge in [0.05, 0.1) is 18.4 Å². The number of H-pyrrole nitrogens is 1. The predicted molar refractivity (Wildman–Crippen MR) is 140 cm³/mol. The maximum absolute atomic E-state index is 13.4. The first-order valence-corrected chi connectivity index (χ1v) is 12.4. The molecule has 0 bridgehead atoms. The number of aromatic amines is 1. The summed E-state index contributed by atoms with van der Waals surface area (Å²) in [5.74, 6) is -2.44. The molecule has 10 heteroatoms. The normalized spacial score (nSPS) is 12.8. The monoisotopic (exact) mass is 509 g/mol. The minimum absolute atomic E-state index is 0.0798. The number of rotatable bonds is 13. The summed E-state index contributed by atoms with van der Waals surface area (Å²) in [6, 6.07) is 19.3. The van der Waals surface area contributed by atoms with E-state index in [0.717, 1.165) is 22.2 Å². The van der Waals surface area contributed by atoms with Gasteiger partial charge in [0.1, 0.15) is 0 Å². The van der Waals surface area contributed by atoms with Gasteiger partial charge in [0.2, 0.25) is 11.8 Å². The molecule has 0 fully saturated rings. The molecule has 2 atom stereocenters. The molecule has 3 aromatic rings. The van der Waals surface area contributed by atoms with Crippen molar-refractivity contribution in [1.82, 2.24) is 19.9 Å². The molecule has 1 aromatic heterocycles. The third-order valence-electron chi connectivity index (χ3n) is 6.13. The molecule has 0 unspecified atom stereocenters. The zero-order valence-corrected chi connectivity index (χ0v) is 21.5. The highest BCUT2D eigenvalue weighted by molar-refractivity contribution is 5.91. The molecule has 10 nitrogen and oxygen atoms in total. The summed E-state index contributed by atoms with van der Waals surface area (Å²) >= 11 is 0. The van der Waals surface area contributed by atoms with Gasteiger partial charge in [0, 0.05) is 7.05 Å². The van der Waals surface area contributed by atoms with Crippen molar-refractivity contribution < 1.29 is 14.4 Å². The van der Waals surface area contributed by atoms with Crippen LogP contribution in [0.3, 0.4) is 0 Å². The lowest BCUT2D eigenvalue weighted by Crippen LogP contribution is -2.46. The van der Waals surface area contributed by atoms with Crippen molar-refractivity contribution >= 4 is 11.8 Å². The van der Waals surface area contributed by atoms with Crippen LogP contribution in [0.1, 0.15) is 44.2 Å². The minimum atomic E-state index is -0.789. The van der Waals surface area contributed by atoms with Crippen LogP contribution in [0.15, 0.2) is 70.3 Å². The third-order valence-corrected chi connectivity index (χ3v) is 6.13. The van der Waals surface area contributed by atoms with E-state index in [2.05, 4.69) is 16.0 Å². The van der Waals surface area contributed by atoms with Crippen LogP contribution in [0.2, 0.25) is 0 Å². The Labute approximate surface area is 215 Å². The van der Waals surface area contributed by atoms with E-state index < -0.39 is 35.0 Å². The maximum Gasteiger partial charge on any atom is 0.366 e. The molecule has 37 heavy (non-hydrogen) atoms. The molecule has 0 saturated heterocycles. The second-order valence-corrected chi connectivity index (χ2v) is 9.53. The van der Waals surface area contributed by atoms with E-state index >= 15 is 0 Å². The van der Waals surface area contributed by atoms with Gasteiger partial charge in [-0.25, -0.2) is 24.8 Å². The smallest absolute Gasteiger partial charge is 0.273 e. The van der Waals surface area contributed by atoms with Gasteiger partial charge in [-0.15, -0.1) is 4.68 Å². The van der Waals surface area contributed by atoms with Crippen LogP contribution in [-0.4, -0.2) is 26.3 Å². The van der Waals surface area contributed by atoms with Gasteiger partial charge >= 0.3 is 11.4 Å². The number of nitrogens with one attached hydrogen (secondary N) is 3. The Morgan fingerprint density at radius 3 is 2.11 bits per heavy atom. The van der Waals surface area contributed by atoms with E-state index in [0.29, 0.717) is 23.9 Å². The summed E-state index contributed by atoms with van der Waals surface area (Å²) in [6.07, 6.45) is 2.20. The number of hydrogen-bond acceptors (Lipinski definition) is 5. The van der Waals surface area contributed by atoms with Gasteiger partial charge in [-0.1, -0.05) is 74.5 Å². The van der Waals surface area contributed by atoms with Crippen molar-refractivity contribution in [1.29, 1.82) is 0 Å². The highest BCUT2D eigenvalue weighted by atomic mass is 16.6. The van der Waals surface area contributed by atoms with Crippen molar-refractivity contribution in [2.75, 3.05) is 5.43 Å². The van der Waals surface area contributed by atoms with E-state index in [9.17, 15) is 19.2 Å². The fourth-order valence-corrected chi connectivity index (χ4v) is 4.26. The van der Waals surface area contributed by atoms with Gasteiger partial charge in [-0.2, -0.15) is 0 Å². The number of aryl methyl sites for hydroxylation is 2. The zero-order chi connectivity index (χ0) is 26.8. The summed E-state index contributed by atoms with van der Waals surface area (Å²) in [5.41, 5.74) is 5.48. The van der Waals surface area contributed by atoms with E-state index in [1.54, 1.807) is 0 Å². The summed E-state index contributed by atoms with van der Waals surface area (Å²) < 4.78 is 1.60. The summed E-state index contributed by atoms with van der Waals surface area (Å²) in [4.78, 5) is 56.6. The first kappa shape index (κ1) is 27.7. The number of nitrogens with zero attached hydrogens (tertiary/aromatic N) is 2. The summed E-state index contributed by atoms with van der Waals surface area (Å²) in [6.45, 7) is 4.08. The van der Waals surface area contributed by atoms with Crippen LogP contribution in [0.5, 0.6) is 0 Å². The van der Waals surface area contributed by atoms with Crippen LogP contribution in [0.25, 0.3) is 0 Å². The Kier molecular flexibility index (Phi) is 10.0. The number of carbonyl (C=O) groups excluding carboxylic acids is 2. The Balaban J connectivity index is 1.78. The van der Waals surface area contributed by atoms with Crippen molar-refractivity contribution in [3.8, 4) is 0 Å². The summed E-state index contributed by atoms with van der Waals surface area (Å²) in [5, 5.41) is 2.31. The summed E-state index contributed by atoms with van der Waals surface area (Å²) in [7, 11) is 1.38. The molecule has 0 spiro atoms. The maximum atomic E-state index is 13.4. The Bertz CT molecular complexity index is 1260. The fourth-order valence-electron chi connectivity index (χ4n) is 4.26. The molecule has 3 rings (SSSR count). The van der Waals surface area contributed by atoms with Gasteiger partial charge in [0.25, 0.3) is 0 Å². The van der Waals surface area contributed by atoms with E-state index in [4.69, 9.17) is 4.84 Å². The number of benzene rings is 2. The minimum Gasteiger partial charge on any atom is -0.273 e. The Morgan fingerprint density at radius 2 is 1.54 bits per heavy atom. The number of hydrogen-bond donors (Lipinski definition) is 3. The molecular formula is C27H35N5O5. The van der Waals surface area contributed by atoms with Gasteiger partial charge < -0.3 is 0 Å². The molecule has 2 aromatic carbocycles. The molecule has 1 heterocycles. The Morgan fingerprint density at radius 1 is 0.919 bits per heavy atom. The molecule has 198 valence electrons. The van der Waals surface area contributed by atoms with Crippen LogP contribution >= 0.6 is 0 Å². The van der Waals surface area contributed by atoms with Crippen molar-refractivity contribution in [3.63, 3.8) is 0 Å². The third kappa shape index (κ3) is 8.04. The van der Waals surface area contributed by atoms with Gasteiger partial charge in [-0.3, -0.25) is 19.9 Å². The van der Waals surface area contributed by atoms with Crippen LogP contribution in [0.4, 0.5) is 0 Å². The average molecular weight is 510 g/mol. The second kappa shape index (κ2) is 13.4. The molecule has 0 aliphatic rings. The molecular weight excluding hydrogens is 474 g/mol. The highest BCUT2D eigenvalue weighted by Crippen LogP contribution is 2.27. The van der Waals surface area contributed by atoms with E-state index in [1.165, 1.54) is 7.05 Å². The number of carbonyl (C=O) groups is 2. The lowest BCUT2D eigenvalue weighted by Gasteiger charge is -2.27. The fraction of sp³-hybridized carbons (Fsp3) is 0.407. The van der Waals surface area contributed by atoms with Gasteiger partial charge in [-0.05, 0) is 42.7 Å². The molecule has 0 aliphatic heterocycles. The highest BCUT2D eigenvalue weighted by Gasteiger charge is 2.35. The molecule has 0 aliphatic carbocycles. The first-order chi connectivity index (χ1) is 17.8. The molecule has 0 saturated carbocycles. The molecule has 3 N–H and O–H groups in total.